The first-order valence-corrected chi connectivity index (χ1v) is 9.37. The van der Waals surface area contributed by atoms with Crippen LogP contribution in [0.4, 0.5) is 0 Å². The van der Waals surface area contributed by atoms with Crippen molar-refractivity contribution in [1.29, 1.82) is 0 Å². The summed E-state index contributed by atoms with van der Waals surface area (Å²) in [7, 11) is 0. The summed E-state index contributed by atoms with van der Waals surface area (Å²) < 4.78 is 5.68. The molecule has 2 aromatic carbocycles. The van der Waals surface area contributed by atoms with E-state index in [0.717, 1.165) is 23.3 Å². The minimum atomic E-state index is -0.0388. The molecule has 142 valence electrons. The smallest absolute Gasteiger partial charge is 0.260 e. The first-order chi connectivity index (χ1) is 13.0. The van der Waals surface area contributed by atoms with Gasteiger partial charge in [-0.15, -0.1) is 0 Å². The third kappa shape index (κ3) is 4.88. The number of aryl methyl sites for hydroxylation is 2. The van der Waals surface area contributed by atoms with Crippen LogP contribution in [0.2, 0.25) is 0 Å². The van der Waals surface area contributed by atoms with Gasteiger partial charge in [0.2, 0.25) is 0 Å². The summed E-state index contributed by atoms with van der Waals surface area (Å²) in [4.78, 5) is 28.9. The Balaban J connectivity index is 1.55. The number of nitrogens with zero attached hydrogens (tertiary/aromatic N) is 2. The maximum absolute atomic E-state index is 12.7. The summed E-state index contributed by atoms with van der Waals surface area (Å²) in [5, 5.41) is 0. The first kappa shape index (κ1) is 19.0. The molecule has 0 N–H and O–H groups in total. The predicted molar refractivity (Wildman–Crippen MR) is 105 cm³/mol. The second-order valence-corrected chi connectivity index (χ2v) is 6.95. The van der Waals surface area contributed by atoms with E-state index in [2.05, 4.69) is 0 Å². The molecule has 2 amide bonds. The van der Waals surface area contributed by atoms with Gasteiger partial charge in [-0.25, -0.2) is 0 Å². The van der Waals surface area contributed by atoms with Gasteiger partial charge in [0.1, 0.15) is 5.75 Å². The molecular formula is C22H26N2O3. The van der Waals surface area contributed by atoms with E-state index in [0.29, 0.717) is 31.7 Å². The van der Waals surface area contributed by atoms with Gasteiger partial charge in [-0.05, 0) is 44.0 Å². The summed E-state index contributed by atoms with van der Waals surface area (Å²) in [5.41, 5.74) is 2.79. The zero-order valence-electron chi connectivity index (χ0n) is 16.0. The molecule has 5 heteroatoms. The van der Waals surface area contributed by atoms with E-state index in [4.69, 9.17) is 4.74 Å². The van der Waals surface area contributed by atoms with Crippen molar-refractivity contribution in [1.82, 2.24) is 9.80 Å². The Bertz CT molecular complexity index is 819. The van der Waals surface area contributed by atoms with Crippen molar-refractivity contribution in [2.75, 3.05) is 32.8 Å². The molecule has 27 heavy (non-hydrogen) atoms. The fourth-order valence-electron chi connectivity index (χ4n) is 3.28. The van der Waals surface area contributed by atoms with E-state index in [1.54, 1.807) is 4.90 Å². The average molecular weight is 366 g/mol. The minimum Gasteiger partial charge on any atom is -0.484 e. The standard InChI is InChI=1S/C22H26N2O3/c1-17-7-5-9-19(15-17)22(26)24-12-6-11-23(13-14-24)21(25)16-27-20-10-4-3-8-18(20)2/h3-5,7-10,15H,6,11-14,16H2,1-2H3. The van der Waals surface area contributed by atoms with Gasteiger partial charge in [0, 0.05) is 31.7 Å². The van der Waals surface area contributed by atoms with Crippen molar-refractivity contribution < 1.29 is 14.3 Å². The molecule has 5 nitrogen and oxygen atoms in total. The van der Waals surface area contributed by atoms with E-state index in [1.807, 2.05) is 67.3 Å². The second kappa shape index (κ2) is 8.71. The van der Waals surface area contributed by atoms with E-state index in [-0.39, 0.29) is 18.4 Å². The molecule has 1 aliphatic heterocycles. The maximum Gasteiger partial charge on any atom is 0.260 e. The van der Waals surface area contributed by atoms with Crippen LogP contribution in [-0.4, -0.2) is 54.4 Å². The van der Waals surface area contributed by atoms with Crippen LogP contribution >= 0.6 is 0 Å². The lowest BCUT2D eigenvalue weighted by atomic mass is 10.1. The van der Waals surface area contributed by atoms with E-state index in [1.165, 1.54) is 0 Å². The lowest BCUT2D eigenvalue weighted by Gasteiger charge is -2.22. The van der Waals surface area contributed by atoms with Crippen molar-refractivity contribution >= 4 is 11.8 Å². The summed E-state index contributed by atoms with van der Waals surface area (Å²) in [5.74, 6) is 0.726. The van der Waals surface area contributed by atoms with Crippen LogP contribution in [-0.2, 0) is 4.79 Å². The molecule has 0 atom stereocenters. The highest BCUT2D eigenvalue weighted by molar-refractivity contribution is 5.94. The first-order valence-electron chi connectivity index (χ1n) is 9.37. The molecule has 0 unspecified atom stereocenters. The van der Waals surface area contributed by atoms with Gasteiger partial charge < -0.3 is 14.5 Å². The van der Waals surface area contributed by atoms with Crippen LogP contribution in [0.1, 0.15) is 27.9 Å². The summed E-state index contributed by atoms with van der Waals surface area (Å²) in [6, 6.07) is 15.3. The van der Waals surface area contributed by atoms with Crippen LogP contribution < -0.4 is 4.74 Å². The number of hydrogen-bond acceptors (Lipinski definition) is 3. The van der Waals surface area contributed by atoms with Gasteiger partial charge in [0.25, 0.3) is 11.8 Å². The van der Waals surface area contributed by atoms with Crippen LogP contribution in [0.25, 0.3) is 0 Å². The normalized spacial score (nSPS) is 14.6. The molecule has 1 aliphatic rings. The SMILES string of the molecule is Cc1cccc(C(=O)N2CCCN(C(=O)COc3ccccc3C)CC2)c1. The molecule has 0 bridgehead atoms. The summed E-state index contributed by atoms with van der Waals surface area (Å²) >= 11 is 0. The van der Waals surface area contributed by atoms with Crippen LogP contribution in [0, 0.1) is 13.8 Å². The van der Waals surface area contributed by atoms with Crippen LogP contribution in [0.3, 0.4) is 0 Å². The van der Waals surface area contributed by atoms with Crippen molar-refractivity contribution in [3.05, 3.63) is 65.2 Å². The van der Waals surface area contributed by atoms with E-state index >= 15 is 0 Å². The Labute approximate surface area is 160 Å². The molecule has 0 spiro atoms. The number of carbonyl (C=O) groups excluding carboxylic acids is 2. The molecule has 0 aliphatic carbocycles. The lowest BCUT2D eigenvalue weighted by Crippen LogP contribution is -2.39. The van der Waals surface area contributed by atoms with Gasteiger partial charge in [0.05, 0.1) is 0 Å². The third-order valence-corrected chi connectivity index (χ3v) is 4.85. The number of ether oxygens (including phenoxy) is 1. The maximum atomic E-state index is 12.7. The Morgan fingerprint density at radius 1 is 0.926 bits per heavy atom. The zero-order valence-corrected chi connectivity index (χ0v) is 16.0. The van der Waals surface area contributed by atoms with E-state index < -0.39 is 0 Å². The minimum absolute atomic E-state index is 0.0245. The highest BCUT2D eigenvalue weighted by atomic mass is 16.5. The molecule has 3 rings (SSSR count). The number of amides is 2. The number of para-hydroxylation sites is 1. The van der Waals surface area contributed by atoms with Gasteiger partial charge in [-0.3, -0.25) is 9.59 Å². The van der Waals surface area contributed by atoms with Gasteiger partial charge in [0.15, 0.2) is 6.61 Å². The largest absolute Gasteiger partial charge is 0.484 e. The monoisotopic (exact) mass is 366 g/mol. The Morgan fingerprint density at radius 2 is 1.67 bits per heavy atom. The average Bonchev–Trinajstić information content (AvgIpc) is 2.93. The highest BCUT2D eigenvalue weighted by Crippen LogP contribution is 2.16. The third-order valence-electron chi connectivity index (χ3n) is 4.85. The van der Waals surface area contributed by atoms with Gasteiger partial charge in [-0.1, -0.05) is 35.9 Å². The van der Waals surface area contributed by atoms with Crippen molar-refractivity contribution in [2.24, 2.45) is 0 Å². The van der Waals surface area contributed by atoms with Crippen molar-refractivity contribution in [3.63, 3.8) is 0 Å². The van der Waals surface area contributed by atoms with Crippen LogP contribution in [0.5, 0.6) is 5.75 Å². The molecular weight excluding hydrogens is 340 g/mol. The highest BCUT2D eigenvalue weighted by Gasteiger charge is 2.23. The predicted octanol–water partition coefficient (Wildman–Crippen LogP) is 3.06. The Hall–Kier alpha value is -2.82. The van der Waals surface area contributed by atoms with Gasteiger partial charge >= 0.3 is 0 Å². The molecule has 1 saturated heterocycles. The molecule has 2 aromatic rings. The van der Waals surface area contributed by atoms with E-state index in [9.17, 15) is 9.59 Å². The number of rotatable bonds is 4. The quantitative estimate of drug-likeness (QED) is 0.836. The topological polar surface area (TPSA) is 49.9 Å². The lowest BCUT2D eigenvalue weighted by molar-refractivity contribution is -0.133. The molecule has 0 aromatic heterocycles. The van der Waals surface area contributed by atoms with Crippen molar-refractivity contribution in [2.45, 2.75) is 20.3 Å². The Kier molecular flexibility index (Phi) is 6.12. The summed E-state index contributed by atoms with van der Waals surface area (Å²) in [6.45, 7) is 6.35. The van der Waals surface area contributed by atoms with Crippen LogP contribution in [0.15, 0.2) is 48.5 Å². The van der Waals surface area contributed by atoms with Crippen molar-refractivity contribution in [3.8, 4) is 5.75 Å². The fourth-order valence-corrected chi connectivity index (χ4v) is 3.28. The number of carbonyl (C=O) groups is 2. The number of hydrogen-bond donors (Lipinski definition) is 0. The second-order valence-electron chi connectivity index (χ2n) is 6.95. The molecule has 1 fully saturated rings. The van der Waals surface area contributed by atoms with Gasteiger partial charge in [-0.2, -0.15) is 0 Å². The Morgan fingerprint density at radius 3 is 2.44 bits per heavy atom. The fraction of sp³-hybridized carbons (Fsp3) is 0.364. The summed E-state index contributed by atoms with van der Waals surface area (Å²) in [6.07, 6.45) is 0.771. The number of benzene rings is 2. The molecule has 1 heterocycles. The molecule has 0 radical (unpaired) electrons. The zero-order chi connectivity index (χ0) is 19.2. The molecule has 0 saturated carbocycles.